The number of hydrogen-bond acceptors (Lipinski definition) is 5. The maximum absolute atomic E-state index is 12.4. The van der Waals surface area contributed by atoms with E-state index < -0.39 is 5.92 Å². The molecule has 1 aromatic carbocycles. The molecule has 150 valence electrons. The molecule has 26 heavy (non-hydrogen) atoms. The Morgan fingerprint density at radius 2 is 1.73 bits per heavy atom. The minimum atomic E-state index is -0.593. The molecule has 3 saturated heterocycles. The molecule has 7 N–H and O–H groups in total. The third-order valence-electron chi connectivity index (χ3n) is 5.33. The second-order valence-electron chi connectivity index (χ2n) is 6.54. The number of nitrogens with zero attached hydrogens (tertiary/aromatic N) is 1. The number of epoxide rings is 1. The number of esters is 1. The highest BCUT2D eigenvalue weighted by atomic mass is 79.9. The van der Waals surface area contributed by atoms with Gasteiger partial charge in [0.15, 0.2) is 0 Å². The number of piperidine rings is 1. The normalized spacial score (nSPS) is 31.7. The standard InChI is InChI=1S/C17H21NO4.BrH.3H2O/c1-18-13-7-11(8-14(18)16-15(13)22-16)21-17(20)12(9-19)10-5-3-2-4-6-10;;;;/h2-6,11-16,19H,7-9H2,1H3;1H;3*1H2/t11?,12-,13-,14+,15-,16-;;;;/m1..../s1. The van der Waals surface area contributed by atoms with Crippen LogP contribution in [0.3, 0.4) is 0 Å². The highest BCUT2D eigenvalue weighted by Crippen LogP contribution is 2.48. The van der Waals surface area contributed by atoms with Crippen molar-refractivity contribution in [2.75, 3.05) is 13.7 Å². The zero-order valence-corrected chi connectivity index (χ0v) is 16.2. The van der Waals surface area contributed by atoms with Gasteiger partial charge in [-0.1, -0.05) is 30.3 Å². The number of fused-ring (bicyclic) bond motifs is 5. The largest absolute Gasteiger partial charge is 0.462 e. The molecule has 8 nitrogen and oxygen atoms in total. The van der Waals surface area contributed by atoms with E-state index in [0.717, 1.165) is 18.4 Å². The first-order chi connectivity index (χ1) is 10.7. The lowest BCUT2D eigenvalue weighted by Crippen LogP contribution is -2.48. The smallest absolute Gasteiger partial charge is 0.316 e. The fraction of sp³-hybridized carbons (Fsp3) is 0.588. The van der Waals surface area contributed by atoms with Crippen LogP contribution in [0.5, 0.6) is 0 Å². The third kappa shape index (κ3) is 4.25. The summed E-state index contributed by atoms with van der Waals surface area (Å²) < 4.78 is 11.4. The molecule has 3 heterocycles. The number of rotatable bonds is 4. The molecule has 4 rings (SSSR count). The molecule has 2 bridgehead atoms. The summed E-state index contributed by atoms with van der Waals surface area (Å²) in [5.74, 6) is -0.915. The van der Waals surface area contributed by atoms with E-state index in [4.69, 9.17) is 9.47 Å². The number of aliphatic hydroxyl groups is 1. The van der Waals surface area contributed by atoms with E-state index in [9.17, 15) is 9.90 Å². The van der Waals surface area contributed by atoms with Crippen LogP contribution in [-0.2, 0) is 14.3 Å². The Morgan fingerprint density at radius 3 is 2.23 bits per heavy atom. The number of halogens is 1. The van der Waals surface area contributed by atoms with Crippen molar-refractivity contribution in [3.63, 3.8) is 0 Å². The van der Waals surface area contributed by atoms with Crippen molar-refractivity contribution >= 4 is 23.0 Å². The Bertz CT molecular complexity index is 557. The van der Waals surface area contributed by atoms with Gasteiger partial charge in [0.1, 0.15) is 24.2 Å². The molecule has 1 aromatic rings. The fourth-order valence-electron chi connectivity index (χ4n) is 4.04. The Balaban J connectivity index is 0.00000156. The zero-order valence-electron chi connectivity index (χ0n) is 14.5. The van der Waals surface area contributed by atoms with Gasteiger partial charge in [0.2, 0.25) is 0 Å². The van der Waals surface area contributed by atoms with Crippen LogP contribution >= 0.6 is 17.0 Å². The third-order valence-corrected chi connectivity index (χ3v) is 5.33. The number of morpholine rings is 1. The lowest BCUT2D eigenvalue weighted by molar-refractivity contribution is -0.156. The quantitative estimate of drug-likeness (QED) is 0.472. The van der Waals surface area contributed by atoms with E-state index in [1.165, 1.54) is 0 Å². The number of aliphatic hydroxyl groups excluding tert-OH is 1. The van der Waals surface area contributed by atoms with E-state index >= 15 is 0 Å². The summed E-state index contributed by atoms with van der Waals surface area (Å²) in [5.41, 5.74) is 0.803. The second kappa shape index (κ2) is 9.75. The van der Waals surface area contributed by atoms with E-state index in [1.807, 2.05) is 30.3 Å². The summed E-state index contributed by atoms with van der Waals surface area (Å²) in [4.78, 5) is 14.8. The van der Waals surface area contributed by atoms with Crippen LogP contribution in [0.4, 0.5) is 0 Å². The molecule has 1 unspecified atom stereocenters. The molecule has 0 radical (unpaired) electrons. The van der Waals surface area contributed by atoms with Gasteiger partial charge in [-0.25, -0.2) is 0 Å². The topological polar surface area (TPSA) is 157 Å². The van der Waals surface area contributed by atoms with Crippen LogP contribution in [0.25, 0.3) is 0 Å². The molecule has 0 aromatic heterocycles. The molecule has 3 aliphatic rings. The number of likely N-dealkylation sites (N-methyl/N-ethyl adjacent to an activating group) is 1. The summed E-state index contributed by atoms with van der Waals surface area (Å²) in [6, 6.07) is 10.1. The predicted octanol–water partition coefficient (Wildman–Crippen LogP) is -0.978. The SMILES string of the molecule is Br.CN1[C@@H]2CC(OC(=O)[C@H](CO)c3ccccc3)C[C@H]1[C@H]1O[C@@H]12.O.O.O. The van der Waals surface area contributed by atoms with Gasteiger partial charge >= 0.3 is 5.97 Å². The monoisotopic (exact) mass is 437 g/mol. The number of benzene rings is 1. The first kappa shape index (κ1) is 24.9. The van der Waals surface area contributed by atoms with Crippen LogP contribution in [0.2, 0.25) is 0 Å². The molecule has 0 spiro atoms. The van der Waals surface area contributed by atoms with Crippen molar-refractivity contribution in [3.05, 3.63) is 35.9 Å². The van der Waals surface area contributed by atoms with Gasteiger partial charge in [0.05, 0.1) is 6.61 Å². The fourth-order valence-corrected chi connectivity index (χ4v) is 4.04. The van der Waals surface area contributed by atoms with Gasteiger partial charge in [0, 0.05) is 24.9 Å². The predicted molar refractivity (Wildman–Crippen MR) is 101 cm³/mol. The van der Waals surface area contributed by atoms with Gasteiger partial charge in [-0.3, -0.25) is 9.69 Å². The minimum Gasteiger partial charge on any atom is -0.462 e. The Labute approximate surface area is 162 Å². The van der Waals surface area contributed by atoms with E-state index in [2.05, 4.69) is 11.9 Å². The molecule has 0 amide bonds. The highest BCUT2D eigenvalue weighted by Gasteiger charge is 2.62. The Hall–Kier alpha value is -1.07. The molecule has 0 aliphatic carbocycles. The van der Waals surface area contributed by atoms with Crippen LogP contribution < -0.4 is 0 Å². The minimum absolute atomic E-state index is 0. The number of ether oxygens (including phenoxy) is 2. The zero-order chi connectivity index (χ0) is 15.3. The van der Waals surface area contributed by atoms with Crippen LogP contribution in [-0.4, -0.2) is 76.5 Å². The molecule has 3 fully saturated rings. The molecule has 3 aliphatic heterocycles. The number of carbonyl (C=O) groups excluding carboxylic acids is 1. The second-order valence-corrected chi connectivity index (χ2v) is 6.54. The van der Waals surface area contributed by atoms with Gasteiger partial charge in [-0.15, -0.1) is 17.0 Å². The summed E-state index contributed by atoms with van der Waals surface area (Å²) in [6.45, 7) is -0.226. The first-order valence-corrected chi connectivity index (χ1v) is 7.92. The van der Waals surface area contributed by atoms with Crippen LogP contribution in [0.1, 0.15) is 24.3 Å². The van der Waals surface area contributed by atoms with Gasteiger partial charge in [-0.2, -0.15) is 0 Å². The molecule has 6 atom stereocenters. The summed E-state index contributed by atoms with van der Waals surface area (Å²) in [7, 11) is 2.13. The van der Waals surface area contributed by atoms with Crippen molar-refractivity contribution in [1.29, 1.82) is 0 Å². The van der Waals surface area contributed by atoms with Crippen molar-refractivity contribution in [1.82, 2.24) is 4.90 Å². The molecule has 9 heteroatoms. The summed E-state index contributed by atoms with van der Waals surface area (Å²) >= 11 is 0. The maximum Gasteiger partial charge on any atom is 0.316 e. The molecule has 0 saturated carbocycles. The summed E-state index contributed by atoms with van der Waals surface area (Å²) in [5, 5.41) is 9.56. The van der Waals surface area contributed by atoms with Crippen LogP contribution in [0.15, 0.2) is 30.3 Å². The van der Waals surface area contributed by atoms with Crippen molar-refractivity contribution in [2.24, 2.45) is 0 Å². The van der Waals surface area contributed by atoms with Gasteiger partial charge in [0.25, 0.3) is 0 Å². The first-order valence-electron chi connectivity index (χ1n) is 7.92. The van der Waals surface area contributed by atoms with Crippen molar-refractivity contribution in [3.8, 4) is 0 Å². The van der Waals surface area contributed by atoms with E-state index in [1.54, 1.807) is 0 Å². The van der Waals surface area contributed by atoms with Crippen LogP contribution in [0, 0.1) is 0 Å². The van der Waals surface area contributed by atoms with Gasteiger partial charge in [-0.05, 0) is 12.6 Å². The lowest BCUT2D eigenvalue weighted by Gasteiger charge is -2.38. The average Bonchev–Trinajstić information content (AvgIpc) is 3.27. The number of carbonyl (C=O) groups is 1. The van der Waals surface area contributed by atoms with Crippen molar-refractivity contribution < 1.29 is 35.8 Å². The van der Waals surface area contributed by atoms with Crippen molar-refractivity contribution in [2.45, 2.75) is 49.2 Å². The highest BCUT2D eigenvalue weighted by molar-refractivity contribution is 8.93. The van der Waals surface area contributed by atoms with Gasteiger partial charge < -0.3 is 31.0 Å². The Kier molecular flexibility index (Phi) is 9.35. The van der Waals surface area contributed by atoms with E-state index in [0.29, 0.717) is 24.3 Å². The number of hydrogen-bond donors (Lipinski definition) is 1. The lowest BCUT2D eigenvalue weighted by atomic mass is 9.97. The molecular formula is C17H28BrNO7. The molecular weight excluding hydrogens is 410 g/mol. The maximum atomic E-state index is 12.4. The van der Waals surface area contributed by atoms with E-state index in [-0.39, 0.29) is 52.1 Å². The average molecular weight is 438 g/mol. The summed E-state index contributed by atoms with van der Waals surface area (Å²) in [6.07, 6.45) is 2.26. The Morgan fingerprint density at radius 1 is 1.19 bits per heavy atom.